The van der Waals surface area contributed by atoms with Crippen LogP contribution in [-0.4, -0.2) is 30.0 Å². The summed E-state index contributed by atoms with van der Waals surface area (Å²) in [7, 11) is 0. The van der Waals surface area contributed by atoms with Crippen LogP contribution in [0.4, 0.5) is 0 Å². The third kappa shape index (κ3) is 3.17. The molecule has 0 radical (unpaired) electrons. The van der Waals surface area contributed by atoms with Crippen LogP contribution in [0.5, 0.6) is 0 Å². The Bertz CT molecular complexity index is 193. The van der Waals surface area contributed by atoms with Gasteiger partial charge in [0.2, 0.25) is 0 Å². The normalized spacial score (nSPS) is 33.8. The van der Waals surface area contributed by atoms with Gasteiger partial charge in [-0.2, -0.15) is 0 Å². The number of rotatable bonds is 4. The predicted molar refractivity (Wildman–Crippen MR) is 53.4 cm³/mol. The molecule has 1 amide bonds. The van der Waals surface area contributed by atoms with Gasteiger partial charge in [0.25, 0.3) is 0 Å². The molecular weight excluding hydrogens is 321 g/mol. The Balaban J connectivity index is 2.35. The van der Waals surface area contributed by atoms with Gasteiger partial charge in [-0.25, -0.2) is 0 Å². The molecule has 1 saturated heterocycles. The van der Waals surface area contributed by atoms with Gasteiger partial charge in [0.05, 0.1) is 0 Å². The molecule has 0 spiro atoms. The third-order valence-electron chi connectivity index (χ3n) is 1.93. The van der Waals surface area contributed by atoms with E-state index in [9.17, 15) is 9.90 Å². The molecule has 0 bridgehead atoms. The third-order valence-corrected chi connectivity index (χ3v) is 7.23. The minimum absolute atomic E-state index is 0.0202. The molecule has 0 saturated carbocycles. The average molecular weight is 334 g/mol. The van der Waals surface area contributed by atoms with Crippen LogP contribution < -0.4 is 26.5 Å². The molecule has 3 atom stereocenters. The Morgan fingerprint density at radius 2 is 2.46 bits per heavy atom. The number of aliphatic hydroxyl groups is 1. The summed E-state index contributed by atoms with van der Waals surface area (Å²) in [6.45, 7) is 1.90. The molecule has 6 heteroatoms. The van der Waals surface area contributed by atoms with Crippen LogP contribution in [-0.2, 0) is 4.79 Å². The summed E-state index contributed by atoms with van der Waals surface area (Å²) in [6.07, 6.45) is -0.654. The average Bonchev–Trinajstić information content (AvgIpc) is 2.32. The fraction of sp³-hybridized carbons (Fsp3) is 0.857. The van der Waals surface area contributed by atoms with E-state index in [0.29, 0.717) is 0 Å². The summed E-state index contributed by atoms with van der Waals surface area (Å²) in [4.78, 5) is 11.3. The fourth-order valence-corrected chi connectivity index (χ4v) is 6.01. The van der Waals surface area contributed by atoms with Crippen LogP contribution in [0.25, 0.3) is 0 Å². The van der Waals surface area contributed by atoms with Crippen molar-refractivity contribution in [3.63, 3.8) is 0 Å². The van der Waals surface area contributed by atoms with E-state index in [4.69, 9.17) is 0 Å². The number of aliphatic hydroxyl groups excluding tert-OH is 1. The Kier molecular flexibility index (Phi) is 5.21. The summed E-state index contributed by atoms with van der Waals surface area (Å²) >= 11 is 5.92. The molecular formula is C7H13INO2S2-. The van der Waals surface area contributed by atoms with E-state index in [1.54, 1.807) is 11.8 Å². The van der Waals surface area contributed by atoms with Crippen molar-refractivity contribution in [1.82, 2.24) is 5.32 Å². The summed E-state index contributed by atoms with van der Waals surface area (Å²) in [5.74, 6) is 0.00889. The summed E-state index contributed by atoms with van der Waals surface area (Å²) in [5.41, 5.74) is 0. The molecule has 1 rings (SSSR count). The van der Waals surface area contributed by atoms with Gasteiger partial charge in [-0.15, -0.1) is 0 Å². The monoisotopic (exact) mass is 334 g/mol. The summed E-state index contributed by atoms with van der Waals surface area (Å²) in [5, 5.41) is 11.8. The predicted octanol–water partition coefficient (Wildman–Crippen LogP) is -2.89. The van der Waals surface area contributed by atoms with Crippen molar-refractivity contribution in [2.24, 2.45) is 5.92 Å². The van der Waals surface area contributed by atoms with Crippen molar-refractivity contribution in [2.45, 2.75) is 18.4 Å². The maximum absolute atomic E-state index is 11.3. The molecule has 0 aromatic carbocycles. The molecule has 0 aromatic heterocycles. The quantitative estimate of drug-likeness (QED) is 0.224. The zero-order chi connectivity index (χ0) is 9.84. The number of halogens is 1. The van der Waals surface area contributed by atoms with Gasteiger partial charge in [0.1, 0.15) is 0 Å². The number of hydrogen-bond donors (Lipinski definition) is 3. The second kappa shape index (κ2) is 5.67. The number of carbonyl (C=O) groups is 1. The van der Waals surface area contributed by atoms with Gasteiger partial charge in [-0.3, -0.25) is 0 Å². The topological polar surface area (TPSA) is 49.3 Å². The van der Waals surface area contributed by atoms with Crippen LogP contribution in [0.2, 0.25) is 0 Å². The molecule has 0 aliphatic carbocycles. The molecule has 3 nitrogen and oxygen atoms in total. The second-order valence-electron chi connectivity index (χ2n) is 2.82. The Hall–Kier alpha value is 0.860. The zero-order valence-electron chi connectivity index (χ0n) is 7.24. The van der Waals surface area contributed by atoms with E-state index in [1.165, 1.54) is 0 Å². The molecule has 13 heavy (non-hydrogen) atoms. The van der Waals surface area contributed by atoms with Gasteiger partial charge in [0.15, 0.2) is 0 Å². The van der Waals surface area contributed by atoms with E-state index in [1.807, 2.05) is 6.92 Å². The molecule has 0 aromatic rings. The van der Waals surface area contributed by atoms with Crippen molar-refractivity contribution >= 4 is 30.3 Å². The van der Waals surface area contributed by atoms with Crippen molar-refractivity contribution < 1.29 is 31.1 Å². The molecule has 78 valence electrons. The van der Waals surface area contributed by atoms with Crippen molar-refractivity contribution in [3.05, 3.63) is 0 Å². The van der Waals surface area contributed by atoms with Gasteiger partial charge in [-0.05, 0) is 0 Å². The van der Waals surface area contributed by atoms with Crippen LogP contribution in [0.3, 0.4) is 0 Å². The number of alkyl halides is 2. The molecule has 3 unspecified atom stereocenters. The Morgan fingerprint density at radius 1 is 1.77 bits per heavy atom. The number of hydrogen-bond acceptors (Lipinski definition) is 4. The van der Waals surface area contributed by atoms with E-state index >= 15 is 0 Å². The summed E-state index contributed by atoms with van der Waals surface area (Å²) < 4.78 is 1.99. The van der Waals surface area contributed by atoms with Crippen molar-refractivity contribution in [2.75, 3.05) is 7.52 Å². The van der Waals surface area contributed by atoms with Crippen LogP contribution >= 0.6 is 24.4 Å². The fourth-order valence-electron chi connectivity index (χ4n) is 1.14. The van der Waals surface area contributed by atoms with Crippen LogP contribution in [0.1, 0.15) is 6.92 Å². The Morgan fingerprint density at radius 3 is 2.92 bits per heavy atom. The number of carbonyl (C=O) groups excluding carboxylic acids is 1. The van der Waals surface area contributed by atoms with Gasteiger partial charge < -0.3 is 0 Å². The zero-order valence-corrected chi connectivity index (χ0v) is 11.1. The molecule has 1 aliphatic heterocycles. The first-order chi connectivity index (χ1) is 6.16. The minimum atomic E-state index is -0.654. The first-order valence-electron chi connectivity index (χ1n) is 3.91. The number of thiol groups is 1. The molecule has 1 heterocycles. The van der Waals surface area contributed by atoms with E-state index < -0.39 is 6.23 Å². The van der Waals surface area contributed by atoms with Crippen molar-refractivity contribution in [1.29, 1.82) is 0 Å². The van der Waals surface area contributed by atoms with Crippen molar-refractivity contribution in [3.8, 4) is 0 Å². The maximum atomic E-state index is 11.3. The van der Waals surface area contributed by atoms with Crippen LogP contribution in [0.15, 0.2) is 0 Å². The van der Waals surface area contributed by atoms with E-state index in [-0.39, 0.29) is 38.3 Å². The molecule has 1 aliphatic rings. The summed E-state index contributed by atoms with van der Waals surface area (Å²) in [6, 6.07) is 0. The van der Waals surface area contributed by atoms with Gasteiger partial charge in [-0.1, -0.05) is 0 Å². The van der Waals surface area contributed by atoms with E-state index in [0.717, 1.165) is 7.52 Å². The van der Waals surface area contributed by atoms with Crippen LogP contribution in [0, 0.1) is 5.92 Å². The first kappa shape index (κ1) is 11.9. The first-order valence-corrected chi connectivity index (χ1v) is 8.64. The molecule has 1 fully saturated rings. The van der Waals surface area contributed by atoms with E-state index in [2.05, 4.69) is 17.9 Å². The number of nitrogens with one attached hydrogen (secondary N) is 1. The SMILES string of the molecule is CC1C(O)NC(=O)C1SC[I-]CS. The van der Waals surface area contributed by atoms with Gasteiger partial charge in [0, 0.05) is 0 Å². The number of thioether (sulfide) groups is 1. The molecule has 2 N–H and O–H groups in total. The number of amides is 1. The van der Waals surface area contributed by atoms with Gasteiger partial charge >= 0.3 is 98.6 Å². The Labute approximate surface area is 98.1 Å². The second-order valence-corrected chi connectivity index (χ2v) is 9.11. The standard InChI is InChI=1S/C7H13INO2S2/c1-4-5(13-3-8-2-12)7(11)9-6(4)10/h4-6,10,12H,2-3H2,1H3,(H,9,11)/q-1.